The number of phenolic OH excluding ortho intramolecular Hbond substituents is 1. The molecule has 144 valence electrons. The molecule has 0 bridgehead atoms. The van der Waals surface area contributed by atoms with Crippen LogP contribution in [0.2, 0.25) is 0 Å². The number of anilines is 1. The molecule has 28 heavy (non-hydrogen) atoms. The maximum absolute atomic E-state index is 12.8. The number of amidine groups is 1. The summed E-state index contributed by atoms with van der Waals surface area (Å²) < 4.78 is 29.7. The van der Waals surface area contributed by atoms with E-state index in [-0.39, 0.29) is 16.5 Å². The molecular weight excluding hydrogens is 372 g/mol. The Balaban J connectivity index is 2.07. The summed E-state index contributed by atoms with van der Waals surface area (Å²) in [6.07, 6.45) is 0. The standard InChI is InChI=1S/C22H22N2O3S/c1-15-9-11-20(12-10-15)28(26,27)24-22(18-7-5-4-6-8-18)23-19-13-16(2)21(25)17(3)14-19/h4-14,25H,1-3H3,(H,23,24). The predicted molar refractivity (Wildman–Crippen MR) is 113 cm³/mol. The zero-order valence-corrected chi connectivity index (χ0v) is 16.8. The van der Waals surface area contributed by atoms with Gasteiger partial charge in [-0.1, -0.05) is 48.0 Å². The minimum Gasteiger partial charge on any atom is -0.507 e. The lowest BCUT2D eigenvalue weighted by Gasteiger charge is -2.13. The minimum atomic E-state index is -3.90. The van der Waals surface area contributed by atoms with Gasteiger partial charge in [-0.15, -0.1) is 4.40 Å². The third kappa shape index (κ3) is 4.40. The molecule has 0 saturated carbocycles. The van der Waals surface area contributed by atoms with Crippen LogP contribution in [-0.4, -0.2) is 19.4 Å². The van der Waals surface area contributed by atoms with Crippen molar-refractivity contribution >= 4 is 21.5 Å². The van der Waals surface area contributed by atoms with Gasteiger partial charge < -0.3 is 10.4 Å². The van der Waals surface area contributed by atoms with E-state index in [2.05, 4.69) is 9.71 Å². The summed E-state index contributed by atoms with van der Waals surface area (Å²) in [4.78, 5) is 0.131. The zero-order valence-electron chi connectivity index (χ0n) is 16.0. The fraction of sp³-hybridized carbons (Fsp3) is 0.136. The van der Waals surface area contributed by atoms with Gasteiger partial charge in [0.1, 0.15) is 5.75 Å². The van der Waals surface area contributed by atoms with Crippen LogP contribution in [0.25, 0.3) is 0 Å². The first-order valence-corrected chi connectivity index (χ1v) is 10.2. The Morgan fingerprint density at radius 3 is 2.04 bits per heavy atom. The molecule has 2 N–H and O–H groups in total. The number of phenols is 1. The molecule has 6 heteroatoms. The highest BCUT2D eigenvalue weighted by atomic mass is 32.2. The van der Waals surface area contributed by atoms with Crippen molar-refractivity contribution in [3.8, 4) is 5.75 Å². The second kappa shape index (κ2) is 7.86. The van der Waals surface area contributed by atoms with E-state index in [1.165, 1.54) is 0 Å². The highest BCUT2D eigenvalue weighted by molar-refractivity contribution is 7.90. The average Bonchev–Trinajstić information content (AvgIpc) is 2.66. The van der Waals surface area contributed by atoms with E-state index in [9.17, 15) is 13.5 Å². The van der Waals surface area contributed by atoms with Gasteiger partial charge >= 0.3 is 0 Å². The van der Waals surface area contributed by atoms with Crippen LogP contribution < -0.4 is 5.32 Å². The van der Waals surface area contributed by atoms with Crippen LogP contribution in [0.5, 0.6) is 5.75 Å². The number of hydrogen-bond acceptors (Lipinski definition) is 3. The van der Waals surface area contributed by atoms with Crippen molar-refractivity contribution < 1.29 is 13.5 Å². The largest absolute Gasteiger partial charge is 0.507 e. The van der Waals surface area contributed by atoms with Crippen molar-refractivity contribution in [2.75, 3.05) is 5.32 Å². The fourth-order valence-electron chi connectivity index (χ4n) is 2.79. The molecule has 0 amide bonds. The van der Waals surface area contributed by atoms with Gasteiger partial charge in [-0.3, -0.25) is 0 Å². The number of benzene rings is 3. The molecule has 0 saturated heterocycles. The van der Waals surface area contributed by atoms with Crippen molar-refractivity contribution in [3.05, 3.63) is 89.0 Å². The number of nitrogens with one attached hydrogen (secondary N) is 1. The molecule has 3 aromatic rings. The van der Waals surface area contributed by atoms with Crippen LogP contribution in [-0.2, 0) is 10.0 Å². The first kappa shape index (κ1) is 19.6. The number of nitrogens with zero attached hydrogens (tertiary/aromatic N) is 1. The van der Waals surface area contributed by atoms with E-state index in [1.54, 1.807) is 62.4 Å². The first-order valence-electron chi connectivity index (χ1n) is 8.80. The fourth-order valence-corrected chi connectivity index (χ4v) is 3.77. The van der Waals surface area contributed by atoms with Gasteiger partial charge in [0.05, 0.1) is 4.90 Å². The van der Waals surface area contributed by atoms with Crippen molar-refractivity contribution in [2.24, 2.45) is 4.40 Å². The number of sulfonamides is 1. The molecule has 0 fully saturated rings. The summed E-state index contributed by atoms with van der Waals surface area (Å²) in [7, 11) is -3.90. The molecule has 0 aliphatic heterocycles. The summed E-state index contributed by atoms with van der Waals surface area (Å²) in [6, 6.07) is 19.1. The second-order valence-electron chi connectivity index (χ2n) is 6.68. The van der Waals surface area contributed by atoms with Crippen molar-refractivity contribution in [3.63, 3.8) is 0 Å². The van der Waals surface area contributed by atoms with E-state index < -0.39 is 10.0 Å². The molecule has 0 atom stereocenters. The van der Waals surface area contributed by atoms with E-state index in [0.29, 0.717) is 22.4 Å². The Morgan fingerprint density at radius 2 is 1.46 bits per heavy atom. The van der Waals surface area contributed by atoms with Crippen LogP contribution in [0.15, 0.2) is 76.0 Å². The number of aromatic hydroxyl groups is 1. The molecule has 0 radical (unpaired) electrons. The summed E-state index contributed by atoms with van der Waals surface area (Å²) in [5.74, 6) is 0.432. The zero-order chi connectivity index (χ0) is 20.3. The van der Waals surface area contributed by atoms with Crippen LogP contribution in [0, 0.1) is 20.8 Å². The molecule has 3 aromatic carbocycles. The molecule has 0 unspecified atom stereocenters. The van der Waals surface area contributed by atoms with E-state index in [4.69, 9.17) is 0 Å². The van der Waals surface area contributed by atoms with Gasteiger partial charge in [0.15, 0.2) is 5.84 Å². The lowest BCUT2D eigenvalue weighted by Crippen LogP contribution is -2.16. The maximum Gasteiger partial charge on any atom is 0.284 e. The minimum absolute atomic E-state index is 0.131. The normalized spacial score (nSPS) is 12.0. The molecule has 0 aliphatic rings. The third-order valence-corrected chi connectivity index (χ3v) is 5.62. The second-order valence-corrected chi connectivity index (χ2v) is 8.28. The Kier molecular flexibility index (Phi) is 5.51. The molecule has 5 nitrogen and oxygen atoms in total. The summed E-state index contributed by atoms with van der Waals surface area (Å²) in [6.45, 7) is 5.47. The summed E-state index contributed by atoms with van der Waals surface area (Å²) in [5.41, 5.74) is 3.64. The highest BCUT2D eigenvalue weighted by Crippen LogP contribution is 2.26. The summed E-state index contributed by atoms with van der Waals surface area (Å²) >= 11 is 0. The van der Waals surface area contributed by atoms with Crippen LogP contribution in [0.4, 0.5) is 5.69 Å². The van der Waals surface area contributed by atoms with E-state index in [1.807, 2.05) is 25.1 Å². The summed E-state index contributed by atoms with van der Waals surface area (Å²) in [5, 5.41) is 13.1. The van der Waals surface area contributed by atoms with E-state index in [0.717, 1.165) is 5.56 Å². The number of rotatable bonds is 4. The Bertz CT molecular complexity index is 1100. The van der Waals surface area contributed by atoms with Crippen LogP contribution >= 0.6 is 0 Å². The predicted octanol–water partition coefficient (Wildman–Crippen LogP) is 4.57. The van der Waals surface area contributed by atoms with Crippen LogP contribution in [0.3, 0.4) is 0 Å². The monoisotopic (exact) mass is 394 g/mol. The van der Waals surface area contributed by atoms with Gasteiger partial charge in [0.25, 0.3) is 10.0 Å². The van der Waals surface area contributed by atoms with Gasteiger partial charge in [-0.05, 0) is 56.2 Å². The highest BCUT2D eigenvalue weighted by Gasteiger charge is 2.16. The molecule has 0 aromatic heterocycles. The lowest BCUT2D eigenvalue weighted by atomic mass is 10.1. The topological polar surface area (TPSA) is 78.8 Å². The quantitative estimate of drug-likeness (QED) is 0.386. The van der Waals surface area contributed by atoms with Gasteiger partial charge in [0, 0.05) is 11.3 Å². The Labute approximate surface area is 165 Å². The van der Waals surface area contributed by atoms with Gasteiger partial charge in [-0.2, -0.15) is 8.42 Å². The maximum atomic E-state index is 12.8. The molecule has 0 heterocycles. The lowest BCUT2D eigenvalue weighted by molar-refractivity contribution is 0.467. The average molecular weight is 394 g/mol. The molecule has 0 spiro atoms. The SMILES string of the molecule is Cc1ccc(S(=O)(=O)/N=C(/Nc2cc(C)c(O)c(C)c2)c2ccccc2)cc1. The third-order valence-electron chi connectivity index (χ3n) is 4.33. The number of aryl methyl sites for hydroxylation is 3. The Hall–Kier alpha value is -3.12. The first-order chi connectivity index (χ1) is 13.3. The van der Waals surface area contributed by atoms with Gasteiger partial charge in [0.2, 0.25) is 0 Å². The molecule has 3 rings (SSSR count). The Morgan fingerprint density at radius 1 is 0.893 bits per heavy atom. The van der Waals surface area contributed by atoms with Crippen molar-refractivity contribution in [2.45, 2.75) is 25.7 Å². The van der Waals surface area contributed by atoms with Crippen molar-refractivity contribution in [1.29, 1.82) is 0 Å². The van der Waals surface area contributed by atoms with Crippen LogP contribution in [0.1, 0.15) is 22.3 Å². The smallest absolute Gasteiger partial charge is 0.284 e. The number of hydrogen-bond donors (Lipinski definition) is 2. The molecular formula is C22H22N2O3S. The van der Waals surface area contributed by atoms with Gasteiger partial charge in [-0.25, -0.2) is 0 Å². The van der Waals surface area contributed by atoms with E-state index >= 15 is 0 Å². The van der Waals surface area contributed by atoms with Crippen molar-refractivity contribution in [1.82, 2.24) is 0 Å². The molecule has 0 aliphatic carbocycles.